The van der Waals surface area contributed by atoms with Gasteiger partial charge in [-0.2, -0.15) is 0 Å². The monoisotopic (exact) mass is 310 g/mol. The lowest BCUT2D eigenvalue weighted by Gasteiger charge is -2.28. The van der Waals surface area contributed by atoms with Crippen LogP contribution in [0, 0.1) is 5.92 Å². The Bertz CT molecular complexity index is 521. The van der Waals surface area contributed by atoms with E-state index in [4.69, 9.17) is 16.7 Å². The molecule has 0 saturated heterocycles. The second-order valence-electron chi connectivity index (χ2n) is 5.36. The molecular formula is C15H19ClN2O3. The van der Waals surface area contributed by atoms with Crippen LogP contribution in [0.2, 0.25) is 5.02 Å². The third-order valence-corrected chi connectivity index (χ3v) is 3.96. The Hall–Kier alpha value is -1.75. The van der Waals surface area contributed by atoms with Gasteiger partial charge in [0.15, 0.2) is 0 Å². The highest BCUT2D eigenvalue weighted by atomic mass is 35.5. The fourth-order valence-corrected chi connectivity index (χ4v) is 2.93. The number of rotatable bonds is 4. The predicted octanol–water partition coefficient (Wildman–Crippen LogP) is 2.78. The minimum atomic E-state index is -1.03. The van der Waals surface area contributed by atoms with Crippen molar-refractivity contribution in [3.63, 3.8) is 0 Å². The third-order valence-electron chi connectivity index (χ3n) is 3.73. The zero-order valence-electron chi connectivity index (χ0n) is 11.6. The second kappa shape index (κ2) is 7.31. The van der Waals surface area contributed by atoms with Crippen molar-refractivity contribution in [1.29, 1.82) is 0 Å². The smallest absolute Gasteiger partial charge is 0.404 e. The minimum absolute atomic E-state index is 0.0214. The van der Waals surface area contributed by atoms with Gasteiger partial charge in [0.1, 0.15) is 0 Å². The molecule has 0 aliphatic heterocycles. The highest BCUT2D eigenvalue weighted by Crippen LogP contribution is 2.24. The molecule has 3 N–H and O–H groups in total. The Morgan fingerprint density at radius 2 is 2.14 bits per heavy atom. The molecule has 0 spiro atoms. The van der Waals surface area contributed by atoms with Crippen LogP contribution in [0.4, 0.5) is 4.79 Å². The summed E-state index contributed by atoms with van der Waals surface area (Å²) >= 11 is 5.90. The van der Waals surface area contributed by atoms with E-state index in [0.717, 1.165) is 24.8 Å². The SMILES string of the molecule is O=C(O)NC1CCCC(C(=O)NCc2cccc(Cl)c2)C1. The van der Waals surface area contributed by atoms with Crippen LogP contribution in [0.15, 0.2) is 24.3 Å². The second-order valence-corrected chi connectivity index (χ2v) is 5.79. The Morgan fingerprint density at radius 1 is 1.33 bits per heavy atom. The van der Waals surface area contributed by atoms with E-state index in [0.29, 0.717) is 18.0 Å². The Morgan fingerprint density at radius 3 is 2.86 bits per heavy atom. The van der Waals surface area contributed by atoms with E-state index in [1.807, 2.05) is 18.2 Å². The van der Waals surface area contributed by atoms with Crippen LogP contribution < -0.4 is 10.6 Å². The van der Waals surface area contributed by atoms with E-state index < -0.39 is 6.09 Å². The summed E-state index contributed by atoms with van der Waals surface area (Å²) in [6.07, 6.45) is 2.00. The Labute approximate surface area is 128 Å². The molecule has 0 radical (unpaired) electrons. The first-order valence-corrected chi connectivity index (χ1v) is 7.44. The van der Waals surface area contributed by atoms with Gasteiger partial charge in [-0.1, -0.05) is 30.2 Å². The summed E-state index contributed by atoms with van der Waals surface area (Å²) in [7, 11) is 0. The molecule has 2 atom stereocenters. The van der Waals surface area contributed by atoms with Crippen molar-refractivity contribution in [2.75, 3.05) is 0 Å². The molecule has 1 aliphatic carbocycles. The summed E-state index contributed by atoms with van der Waals surface area (Å²) in [5.41, 5.74) is 0.951. The summed E-state index contributed by atoms with van der Waals surface area (Å²) in [6.45, 7) is 0.437. The molecule has 21 heavy (non-hydrogen) atoms. The molecule has 114 valence electrons. The lowest BCUT2D eigenvalue weighted by atomic mass is 9.85. The molecule has 5 nitrogen and oxygen atoms in total. The predicted molar refractivity (Wildman–Crippen MR) is 80.2 cm³/mol. The zero-order valence-corrected chi connectivity index (χ0v) is 12.4. The number of amides is 2. The highest BCUT2D eigenvalue weighted by Gasteiger charge is 2.27. The number of benzene rings is 1. The normalized spacial score (nSPS) is 21.6. The first-order valence-electron chi connectivity index (χ1n) is 7.06. The van der Waals surface area contributed by atoms with Crippen molar-refractivity contribution >= 4 is 23.6 Å². The molecule has 2 unspecified atom stereocenters. The molecule has 0 heterocycles. The Balaban J connectivity index is 1.83. The van der Waals surface area contributed by atoms with Crippen molar-refractivity contribution in [3.05, 3.63) is 34.9 Å². The van der Waals surface area contributed by atoms with Crippen molar-refractivity contribution < 1.29 is 14.7 Å². The molecule has 1 aromatic carbocycles. The minimum Gasteiger partial charge on any atom is -0.465 e. The van der Waals surface area contributed by atoms with Crippen molar-refractivity contribution in [3.8, 4) is 0 Å². The largest absolute Gasteiger partial charge is 0.465 e. The van der Waals surface area contributed by atoms with Gasteiger partial charge in [0, 0.05) is 23.5 Å². The molecule has 1 fully saturated rings. The first-order chi connectivity index (χ1) is 10.0. The van der Waals surface area contributed by atoms with Gasteiger partial charge in [-0.25, -0.2) is 4.79 Å². The van der Waals surface area contributed by atoms with E-state index in [1.165, 1.54) is 0 Å². The summed E-state index contributed by atoms with van der Waals surface area (Å²) in [5.74, 6) is -0.151. The lowest BCUT2D eigenvalue weighted by Crippen LogP contribution is -2.41. The average Bonchev–Trinajstić information content (AvgIpc) is 2.44. The Kier molecular flexibility index (Phi) is 5.44. The maximum absolute atomic E-state index is 12.2. The molecule has 2 rings (SSSR count). The number of carbonyl (C=O) groups is 2. The van der Waals surface area contributed by atoms with Gasteiger partial charge >= 0.3 is 6.09 Å². The molecule has 6 heteroatoms. The number of carboxylic acid groups (broad SMARTS) is 1. The number of nitrogens with one attached hydrogen (secondary N) is 2. The number of carbonyl (C=O) groups excluding carboxylic acids is 1. The summed E-state index contributed by atoms with van der Waals surface area (Å²) < 4.78 is 0. The topological polar surface area (TPSA) is 78.4 Å². The van der Waals surface area contributed by atoms with E-state index in [2.05, 4.69) is 10.6 Å². The fourth-order valence-electron chi connectivity index (χ4n) is 2.71. The summed E-state index contributed by atoms with van der Waals surface area (Å²) in [4.78, 5) is 22.8. The van der Waals surface area contributed by atoms with E-state index in [-0.39, 0.29) is 17.9 Å². The fraction of sp³-hybridized carbons (Fsp3) is 0.467. The maximum Gasteiger partial charge on any atom is 0.404 e. The lowest BCUT2D eigenvalue weighted by molar-refractivity contribution is -0.126. The van der Waals surface area contributed by atoms with Crippen LogP contribution in [0.25, 0.3) is 0 Å². The van der Waals surface area contributed by atoms with Gasteiger partial charge in [-0.05, 0) is 37.0 Å². The average molecular weight is 311 g/mol. The third kappa shape index (κ3) is 4.93. The van der Waals surface area contributed by atoms with Crippen LogP contribution in [0.1, 0.15) is 31.2 Å². The van der Waals surface area contributed by atoms with Gasteiger partial charge in [0.25, 0.3) is 0 Å². The summed E-state index contributed by atoms with van der Waals surface area (Å²) in [6, 6.07) is 7.23. The van der Waals surface area contributed by atoms with Crippen LogP contribution in [0.5, 0.6) is 0 Å². The number of hydrogen-bond acceptors (Lipinski definition) is 2. The van der Waals surface area contributed by atoms with Crippen LogP contribution in [0.3, 0.4) is 0 Å². The molecule has 1 aliphatic rings. The van der Waals surface area contributed by atoms with Crippen molar-refractivity contribution in [1.82, 2.24) is 10.6 Å². The van der Waals surface area contributed by atoms with Crippen LogP contribution in [-0.4, -0.2) is 23.1 Å². The van der Waals surface area contributed by atoms with Crippen LogP contribution >= 0.6 is 11.6 Å². The number of halogens is 1. The van der Waals surface area contributed by atoms with Crippen molar-refractivity contribution in [2.45, 2.75) is 38.3 Å². The molecule has 1 aromatic rings. The zero-order chi connectivity index (χ0) is 15.2. The van der Waals surface area contributed by atoms with Gasteiger partial charge < -0.3 is 15.7 Å². The van der Waals surface area contributed by atoms with Crippen molar-refractivity contribution in [2.24, 2.45) is 5.92 Å². The van der Waals surface area contributed by atoms with E-state index in [9.17, 15) is 9.59 Å². The van der Waals surface area contributed by atoms with Gasteiger partial charge in [0.05, 0.1) is 0 Å². The van der Waals surface area contributed by atoms with Gasteiger partial charge in [-0.3, -0.25) is 4.79 Å². The molecule has 0 aromatic heterocycles. The van der Waals surface area contributed by atoms with E-state index in [1.54, 1.807) is 6.07 Å². The summed E-state index contributed by atoms with van der Waals surface area (Å²) in [5, 5.41) is 14.8. The quantitative estimate of drug-likeness (QED) is 0.800. The molecule has 2 amide bonds. The number of hydrogen-bond donors (Lipinski definition) is 3. The van der Waals surface area contributed by atoms with E-state index >= 15 is 0 Å². The van der Waals surface area contributed by atoms with Gasteiger partial charge in [0.2, 0.25) is 5.91 Å². The molecule has 0 bridgehead atoms. The molecular weight excluding hydrogens is 292 g/mol. The molecule has 1 saturated carbocycles. The maximum atomic E-state index is 12.2. The van der Waals surface area contributed by atoms with Crippen LogP contribution in [-0.2, 0) is 11.3 Å². The van der Waals surface area contributed by atoms with Gasteiger partial charge in [-0.15, -0.1) is 0 Å². The highest BCUT2D eigenvalue weighted by molar-refractivity contribution is 6.30. The standard InChI is InChI=1S/C15H19ClN2O3/c16-12-5-1-3-10(7-12)9-17-14(19)11-4-2-6-13(8-11)18-15(20)21/h1,3,5,7,11,13,18H,2,4,6,8-9H2,(H,17,19)(H,20,21). The first kappa shape index (κ1) is 15.6.